The zero-order valence-electron chi connectivity index (χ0n) is 15.3. The van der Waals surface area contributed by atoms with Gasteiger partial charge in [-0.15, -0.1) is 0 Å². The minimum absolute atomic E-state index is 0.271. The Morgan fingerprint density at radius 3 is 2.30 bits per heavy atom. The lowest BCUT2D eigenvalue weighted by atomic mass is 10.1. The lowest BCUT2D eigenvalue weighted by Crippen LogP contribution is -2.23. The number of pyridine rings is 1. The minimum atomic E-state index is -0.299. The Morgan fingerprint density at radius 2 is 1.59 bits per heavy atom. The Hall–Kier alpha value is -3.47. The highest BCUT2D eigenvalue weighted by atomic mass is 16.2. The van der Waals surface area contributed by atoms with Crippen molar-refractivity contribution >= 4 is 17.5 Å². The molecule has 0 fully saturated rings. The molecule has 0 atom stereocenters. The number of aryl methyl sites for hydroxylation is 2. The Bertz CT molecular complexity index is 968. The molecule has 0 aliphatic carbocycles. The van der Waals surface area contributed by atoms with Crippen LogP contribution in [0.25, 0.3) is 0 Å². The second-order valence-electron chi connectivity index (χ2n) is 6.40. The second kappa shape index (κ2) is 8.27. The summed E-state index contributed by atoms with van der Waals surface area (Å²) in [6, 6.07) is 17.0. The molecule has 27 heavy (non-hydrogen) atoms. The molecule has 2 aromatic carbocycles. The first kappa shape index (κ1) is 18.3. The number of nitrogens with zero attached hydrogens (tertiary/aromatic N) is 1. The van der Waals surface area contributed by atoms with Crippen LogP contribution in [0.4, 0.5) is 5.69 Å². The molecule has 5 heteroatoms. The molecule has 0 saturated carbocycles. The summed E-state index contributed by atoms with van der Waals surface area (Å²) < 4.78 is 0. The highest BCUT2D eigenvalue weighted by Gasteiger charge is 2.12. The van der Waals surface area contributed by atoms with Crippen LogP contribution in [0.1, 0.15) is 37.4 Å². The van der Waals surface area contributed by atoms with Crippen molar-refractivity contribution in [3.05, 3.63) is 94.8 Å². The number of rotatable bonds is 5. The van der Waals surface area contributed by atoms with Gasteiger partial charge >= 0.3 is 0 Å². The molecule has 0 spiro atoms. The molecule has 0 bridgehead atoms. The summed E-state index contributed by atoms with van der Waals surface area (Å²) in [5.74, 6) is -0.570. The maximum atomic E-state index is 12.5. The van der Waals surface area contributed by atoms with Crippen LogP contribution in [-0.4, -0.2) is 16.8 Å². The molecule has 136 valence electrons. The summed E-state index contributed by atoms with van der Waals surface area (Å²) >= 11 is 0. The molecule has 2 amide bonds. The van der Waals surface area contributed by atoms with E-state index < -0.39 is 0 Å². The van der Waals surface area contributed by atoms with Gasteiger partial charge in [-0.1, -0.05) is 48.0 Å². The summed E-state index contributed by atoms with van der Waals surface area (Å²) in [5, 5.41) is 5.70. The van der Waals surface area contributed by atoms with Crippen LogP contribution >= 0.6 is 0 Å². The number of hydrogen-bond acceptors (Lipinski definition) is 3. The van der Waals surface area contributed by atoms with Gasteiger partial charge in [-0.3, -0.25) is 14.6 Å². The summed E-state index contributed by atoms with van der Waals surface area (Å²) in [7, 11) is 0. The van der Waals surface area contributed by atoms with Crippen LogP contribution in [0.15, 0.2) is 67.0 Å². The molecule has 0 radical (unpaired) electrons. The number of benzene rings is 2. The molecule has 3 rings (SSSR count). The minimum Gasteiger partial charge on any atom is -0.348 e. The Labute approximate surface area is 158 Å². The largest absolute Gasteiger partial charge is 0.348 e. The Balaban J connectivity index is 1.68. The number of hydrogen-bond donors (Lipinski definition) is 2. The zero-order chi connectivity index (χ0) is 19.2. The standard InChI is InChI=1S/C22H21N3O2/c1-15-8-9-20(16(2)10-15)25-22(27)19-11-18(13-23-14-19)21(26)24-12-17-6-4-3-5-7-17/h3-11,13-14H,12H2,1-2H3,(H,24,26)(H,25,27). The molecule has 0 unspecified atom stereocenters. The molecule has 3 aromatic rings. The van der Waals surface area contributed by atoms with Crippen molar-refractivity contribution < 1.29 is 9.59 Å². The first-order valence-corrected chi connectivity index (χ1v) is 8.69. The highest BCUT2D eigenvalue weighted by Crippen LogP contribution is 2.17. The third kappa shape index (κ3) is 4.79. The van der Waals surface area contributed by atoms with Crippen LogP contribution in [-0.2, 0) is 6.54 Å². The maximum Gasteiger partial charge on any atom is 0.257 e. The fourth-order valence-electron chi connectivity index (χ4n) is 2.72. The van der Waals surface area contributed by atoms with E-state index in [1.807, 2.05) is 62.4 Å². The number of nitrogens with one attached hydrogen (secondary N) is 2. The van der Waals surface area contributed by atoms with E-state index in [2.05, 4.69) is 15.6 Å². The van der Waals surface area contributed by atoms with Gasteiger partial charge < -0.3 is 10.6 Å². The van der Waals surface area contributed by atoms with Crippen molar-refractivity contribution in [2.45, 2.75) is 20.4 Å². The van der Waals surface area contributed by atoms with Gasteiger partial charge in [0.2, 0.25) is 0 Å². The quantitative estimate of drug-likeness (QED) is 0.726. The number of carbonyl (C=O) groups excluding carboxylic acids is 2. The average Bonchev–Trinajstić information content (AvgIpc) is 2.69. The van der Waals surface area contributed by atoms with Gasteiger partial charge in [-0.2, -0.15) is 0 Å². The fourth-order valence-corrected chi connectivity index (χ4v) is 2.72. The van der Waals surface area contributed by atoms with Crippen LogP contribution in [0.5, 0.6) is 0 Å². The fraction of sp³-hybridized carbons (Fsp3) is 0.136. The Kier molecular flexibility index (Phi) is 5.61. The van der Waals surface area contributed by atoms with Crippen molar-refractivity contribution in [2.24, 2.45) is 0 Å². The molecule has 2 N–H and O–H groups in total. The van der Waals surface area contributed by atoms with E-state index in [1.165, 1.54) is 12.4 Å². The topological polar surface area (TPSA) is 71.1 Å². The van der Waals surface area contributed by atoms with E-state index in [-0.39, 0.29) is 11.8 Å². The van der Waals surface area contributed by atoms with Gasteiger partial charge in [-0.05, 0) is 37.1 Å². The van der Waals surface area contributed by atoms with Crippen molar-refractivity contribution in [3.63, 3.8) is 0 Å². The van der Waals surface area contributed by atoms with E-state index >= 15 is 0 Å². The summed E-state index contributed by atoms with van der Waals surface area (Å²) in [4.78, 5) is 28.9. The predicted octanol–water partition coefficient (Wildman–Crippen LogP) is 3.88. The molecule has 0 saturated heterocycles. The number of anilines is 1. The van der Waals surface area contributed by atoms with Gasteiger partial charge in [0.05, 0.1) is 11.1 Å². The van der Waals surface area contributed by atoms with Crippen LogP contribution in [0, 0.1) is 13.8 Å². The maximum absolute atomic E-state index is 12.5. The molecule has 1 heterocycles. The zero-order valence-corrected chi connectivity index (χ0v) is 15.3. The third-order valence-corrected chi connectivity index (χ3v) is 4.19. The predicted molar refractivity (Wildman–Crippen MR) is 106 cm³/mol. The first-order chi connectivity index (χ1) is 13.0. The van der Waals surface area contributed by atoms with E-state index in [1.54, 1.807) is 6.07 Å². The van der Waals surface area contributed by atoms with E-state index in [0.717, 1.165) is 22.4 Å². The lowest BCUT2D eigenvalue weighted by molar-refractivity contribution is 0.0950. The second-order valence-corrected chi connectivity index (χ2v) is 6.40. The summed E-state index contributed by atoms with van der Waals surface area (Å²) in [6.07, 6.45) is 2.90. The van der Waals surface area contributed by atoms with Crippen molar-refractivity contribution in [1.82, 2.24) is 10.3 Å². The number of aromatic nitrogens is 1. The number of carbonyl (C=O) groups is 2. The third-order valence-electron chi connectivity index (χ3n) is 4.19. The first-order valence-electron chi connectivity index (χ1n) is 8.69. The van der Waals surface area contributed by atoms with Crippen LogP contribution in [0.2, 0.25) is 0 Å². The smallest absolute Gasteiger partial charge is 0.257 e. The average molecular weight is 359 g/mol. The van der Waals surface area contributed by atoms with Crippen molar-refractivity contribution in [3.8, 4) is 0 Å². The van der Waals surface area contributed by atoms with Crippen LogP contribution < -0.4 is 10.6 Å². The van der Waals surface area contributed by atoms with Crippen molar-refractivity contribution in [1.29, 1.82) is 0 Å². The van der Waals surface area contributed by atoms with Gasteiger partial charge in [0.1, 0.15) is 0 Å². The Morgan fingerprint density at radius 1 is 0.889 bits per heavy atom. The molecular weight excluding hydrogens is 338 g/mol. The van der Waals surface area contributed by atoms with Crippen LogP contribution in [0.3, 0.4) is 0 Å². The van der Waals surface area contributed by atoms with Gasteiger partial charge in [0, 0.05) is 24.6 Å². The number of amides is 2. The van der Waals surface area contributed by atoms with Crippen molar-refractivity contribution in [2.75, 3.05) is 5.32 Å². The van der Waals surface area contributed by atoms with Gasteiger partial charge in [-0.25, -0.2) is 0 Å². The molecule has 5 nitrogen and oxygen atoms in total. The van der Waals surface area contributed by atoms with E-state index in [9.17, 15) is 9.59 Å². The molecular formula is C22H21N3O2. The molecule has 0 aliphatic heterocycles. The van der Waals surface area contributed by atoms with Gasteiger partial charge in [0.15, 0.2) is 0 Å². The monoisotopic (exact) mass is 359 g/mol. The normalized spacial score (nSPS) is 10.3. The summed E-state index contributed by atoms with van der Waals surface area (Å²) in [5.41, 5.74) is 4.53. The van der Waals surface area contributed by atoms with E-state index in [4.69, 9.17) is 0 Å². The highest BCUT2D eigenvalue weighted by molar-refractivity contribution is 6.06. The molecule has 0 aliphatic rings. The lowest BCUT2D eigenvalue weighted by Gasteiger charge is -2.10. The molecule has 1 aromatic heterocycles. The SMILES string of the molecule is Cc1ccc(NC(=O)c2cncc(C(=O)NCc3ccccc3)c2)c(C)c1. The van der Waals surface area contributed by atoms with Gasteiger partial charge in [0.25, 0.3) is 11.8 Å². The van der Waals surface area contributed by atoms with E-state index in [0.29, 0.717) is 17.7 Å². The summed E-state index contributed by atoms with van der Waals surface area (Å²) in [6.45, 7) is 4.35.